The number of hydrogen-bond donors (Lipinski definition) is 2. The molecule has 1 aromatic carbocycles. The molecule has 0 spiro atoms. The van der Waals surface area contributed by atoms with Crippen molar-refractivity contribution in [2.75, 3.05) is 5.32 Å². The first-order valence-corrected chi connectivity index (χ1v) is 8.09. The highest BCUT2D eigenvalue weighted by Gasteiger charge is 2.45. The van der Waals surface area contributed by atoms with E-state index in [2.05, 4.69) is 15.6 Å². The highest BCUT2D eigenvalue weighted by molar-refractivity contribution is 6.25. The lowest BCUT2D eigenvalue weighted by Gasteiger charge is -2.27. The van der Waals surface area contributed by atoms with E-state index in [0.717, 1.165) is 4.90 Å². The van der Waals surface area contributed by atoms with E-state index < -0.39 is 29.7 Å². The van der Waals surface area contributed by atoms with Crippen LogP contribution in [0.4, 0.5) is 11.5 Å². The van der Waals surface area contributed by atoms with Gasteiger partial charge in [-0.1, -0.05) is 12.1 Å². The predicted molar refractivity (Wildman–Crippen MR) is 90.6 cm³/mol. The van der Waals surface area contributed by atoms with Crippen LogP contribution in [0, 0.1) is 0 Å². The Bertz CT molecular complexity index is 941. The Balaban J connectivity index is 1.69. The fourth-order valence-electron chi connectivity index (χ4n) is 3.19. The molecule has 2 aromatic rings. The standard InChI is InChI=1S/C18H14N4O4/c23-14-8-7-12(16(24)21-14)22-17(25)10-4-3-5-11(15(10)18(22)26)20-13-6-1-2-9-19-13/h1-6,9,12H,7-8H2,(H,19,20)(H,21,23,24). The fourth-order valence-corrected chi connectivity index (χ4v) is 3.19. The number of rotatable bonds is 3. The van der Waals surface area contributed by atoms with Crippen molar-refractivity contribution in [1.82, 2.24) is 15.2 Å². The van der Waals surface area contributed by atoms with Crippen LogP contribution in [-0.4, -0.2) is 39.6 Å². The highest BCUT2D eigenvalue weighted by atomic mass is 16.2. The molecule has 2 N–H and O–H groups in total. The third-order valence-electron chi connectivity index (χ3n) is 4.40. The highest BCUT2D eigenvalue weighted by Crippen LogP contribution is 2.33. The summed E-state index contributed by atoms with van der Waals surface area (Å²) in [4.78, 5) is 54.2. The van der Waals surface area contributed by atoms with Gasteiger partial charge in [0, 0.05) is 12.6 Å². The van der Waals surface area contributed by atoms with Crippen LogP contribution in [0.25, 0.3) is 0 Å². The zero-order valence-corrected chi connectivity index (χ0v) is 13.6. The average molecular weight is 350 g/mol. The third kappa shape index (κ3) is 2.52. The van der Waals surface area contributed by atoms with Gasteiger partial charge in [0.15, 0.2) is 0 Å². The van der Waals surface area contributed by atoms with Crippen LogP contribution in [-0.2, 0) is 9.59 Å². The van der Waals surface area contributed by atoms with Crippen LogP contribution in [0.1, 0.15) is 33.6 Å². The molecule has 1 fully saturated rings. The number of hydrogen-bond acceptors (Lipinski definition) is 6. The molecule has 8 nitrogen and oxygen atoms in total. The molecule has 130 valence electrons. The molecule has 4 amide bonds. The summed E-state index contributed by atoms with van der Waals surface area (Å²) in [7, 11) is 0. The number of pyridine rings is 1. The van der Waals surface area contributed by atoms with Gasteiger partial charge in [-0.15, -0.1) is 0 Å². The summed E-state index contributed by atoms with van der Waals surface area (Å²) in [5.74, 6) is -1.60. The number of carbonyl (C=O) groups is 4. The maximum atomic E-state index is 12.9. The van der Waals surface area contributed by atoms with Crippen LogP contribution in [0.15, 0.2) is 42.6 Å². The minimum atomic E-state index is -0.984. The zero-order chi connectivity index (χ0) is 18.3. The number of aromatic nitrogens is 1. The third-order valence-corrected chi connectivity index (χ3v) is 4.40. The Morgan fingerprint density at radius 2 is 1.88 bits per heavy atom. The SMILES string of the molecule is O=C1CCC(N2C(=O)c3cccc(Nc4ccccn4)c3C2=O)C(=O)N1. The van der Waals surface area contributed by atoms with Gasteiger partial charge in [-0.25, -0.2) is 4.98 Å². The molecular formula is C18H14N4O4. The maximum absolute atomic E-state index is 12.9. The molecule has 3 heterocycles. The minimum Gasteiger partial charge on any atom is -0.340 e. The minimum absolute atomic E-state index is 0.0862. The summed E-state index contributed by atoms with van der Waals surface area (Å²) in [5.41, 5.74) is 0.864. The van der Waals surface area contributed by atoms with E-state index in [0.29, 0.717) is 11.5 Å². The van der Waals surface area contributed by atoms with Gasteiger partial charge in [0.05, 0.1) is 16.8 Å². The van der Waals surface area contributed by atoms with E-state index in [9.17, 15) is 19.2 Å². The van der Waals surface area contributed by atoms with E-state index in [1.54, 1.807) is 42.6 Å². The number of amides is 4. The second-order valence-corrected chi connectivity index (χ2v) is 6.02. The van der Waals surface area contributed by atoms with Crippen molar-refractivity contribution < 1.29 is 19.2 Å². The molecule has 8 heteroatoms. The summed E-state index contributed by atoms with van der Waals surface area (Å²) in [6.45, 7) is 0. The quantitative estimate of drug-likeness (QED) is 0.806. The van der Waals surface area contributed by atoms with Gasteiger partial charge in [-0.2, -0.15) is 0 Å². The van der Waals surface area contributed by atoms with Crippen molar-refractivity contribution >= 4 is 35.1 Å². The Kier molecular flexibility index (Phi) is 3.72. The summed E-state index contributed by atoms with van der Waals surface area (Å²) in [5, 5.41) is 5.21. The first-order valence-electron chi connectivity index (χ1n) is 8.09. The Morgan fingerprint density at radius 3 is 2.62 bits per heavy atom. The van der Waals surface area contributed by atoms with Gasteiger partial charge in [0.2, 0.25) is 11.8 Å². The van der Waals surface area contributed by atoms with Crippen LogP contribution in [0.3, 0.4) is 0 Å². The summed E-state index contributed by atoms with van der Waals surface area (Å²) in [6.07, 6.45) is 1.82. The van der Waals surface area contributed by atoms with Gasteiger partial charge < -0.3 is 5.32 Å². The van der Waals surface area contributed by atoms with Gasteiger partial charge >= 0.3 is 0 Å². The van der Waals surface area contributed by atoms with Crippen molar-refractivity contribution in [2.45, 2.75) is 18.9 Å². The van der Waals surface area contributed by atoms with Crippen molar-refractivity contribution in [3.8, 4) is 0 Å². The molecule has 2 aliphatic rings. The van der Waals surface area contributed by atoms with Crippen molar-refractivity contribution in [3.05, 3.63) is 53.7 Å². The average Bonchev–Trinajstić information content (AvgIpc) is 2.88. The smallest absolute Gasteiger partial charge is 0.264 e. The van der Waals surface area contributed by atoms with E-state index in [1.165, 1.54) is 0 Å². The van der Waals surface area contributed by atoms with Crippen LogP contribution < -0.4 is 10.6 Å². The van der Waals surface area contributed by atoms with Gasteiger partial charge in [0.25, 0.3) is 11.8 Å². The number of nitrogens with one attached hydrogen (secondary N) is 2. The van der Waals surface area contributed by atoms with E-state index in [-0.39, 0.29) is 24.0 Å². The zero-order valence-electron chi connectivity index (χ0n) is 13.6. The lowest BCUT2D eigenvalue weighted by molar-refractivity contribution is -0.136. The number of carbonyl (C=O) groups excluding carboxylic acids is 4. The molecule has 1 saturated heterocycles. The van der Waals surface area contributed by atoms with E-state index in [1.807, 2.05) is 0 Å². The van der Waals surface area contributed by atoms with E-state index in [4.69, 9.17) is 0 Å². The number of fused-ring (bicyclic) bond motifs is 1. The molecule has 4 rings (SSSR count). The Labute approximate surface area is 148 Å². The number of benzene rings is 1. The normalized spacial score (nSPS) is 19.4. The number of nitrogens with zero attached hydrogens (tertiary/aromatic N) is 2. The largest absolute Gasteiger partial charge is 0.340 e. The number of imide groups is 2. The maximum Gasteiger partial charge on any atom is 0.264 e. The molecule has 0 aliphatic carbocycles. The van der Waals surface area contributed by atoms with Crippen LogP contribution in [0.2, 0.25) is 0 Å². The molecule has 26 heavy (non-hydrogen) atoms. The first kappa shape index (κ1) is 15.9. The first-order chi connectivity index (χ1) is 12.6. The summed E-state index contributed by atoms with van der Waals surface area (Å²) < 4.78 is 0. The molecule has 0 saturated carbocycles. The molecule has 1 atom stereocenters. The van der Waals surface area contributed by atoms with Gasteiger partial charge in [-0.3, -0.25) is 29.4 Å². The molecule has 1 aromatic heterocycles. The fraction of sp³-hybridized carbons (Fsp3) is 0.167. The molecule has 2 aliphatic heterocycles. The second kappa shape index (κ2) is 6.07. The number of anilines is 2. The topological polar surface area (TPSA) is 108 Å². The summed E-state index contributed by atoms with van der Waals surface area (Å²) in [6, 6.07) is 9.18. The van der Waals surface area contributed by atoms with Crippen LogP contribution >= 0.6 is 0 Å². The van der Waals surface area contributed by atoms with Crippen molar-refractivity contribution in [1.29, 1.82) is 0 Å². The monoisotopic (exact) mass is 350 g/mol. The second-order valence-electron chi connectivity index (χ2n) is 6.02. The Morgan fingerprint density at radius 1 is 1.04 bits per heavy atom. The van der Waals surface area contributed by atoms with Gasteiger partial charge in [-0.05, 0) is 30.7 Å². The Hall–Kier alpha value is -3.55. The lowest BCUT2D eigenvalue weighted by Crippen LogP contribution is -2.54. The summed E-state index contributed by atoms with van der Waals surface area (Å²) >= 11 is 0. The lowest BCUT2D eigenvalue weighted by atomic mass is 10.0. The number of piperidine rings is 1. The van der Waals surface area contributed by atoms with Crippen molar-refractivity contribution in [3.63, 3.8) is 0 Å². The predicted octanol–water partition coefficient (Wildman–Crippen LogP) is 1.23. The molecular weight excluding hydrogens is 336 g/mol. The molecule has 1 unspecified atom stereocenters. The van der Waals surface area contributed by atoms with E-state index >= 15 is 0 Å². The van der Waals surface area contributed by atoms with Crippen LogP contribution in [0.5, 0.6) is 0 Å². The molecule has 0 bridgehead atoms. The molecule has 0 radical (unpaired) electrons. The van der Waals surface area contributed by atoms with Crippen molar-refractivity contribution in [2.24, 2.45) is 0 Å². The van der Waals surface area contributed by atoms with Gasteiger partial charge in [0.1, 0.15) is 11.9 Å².